The van der Waals surface area contributed by atoms with Crippen molar-refractivity contribution in [2.75, 3.05) is 6.61 Å². The summed E-state index contributed by atoms with van der Waals surface area (Å²) in [6.45, 7) is 1.82. The van der Waals surface area contributed by atoms with E-state index >= 15 is 0 Å². The van der Waals surface area contributed by atoms with E-state index in [1.54, 1.807) is 23.0 Å². The van der Waals surface area contributed by atoms with Gasteiger partial charge < -0.3 is 14.5 Å². The number of nitrogens with zero attached hydrogens (tertiary/aromatic N) is 2. The maximum Gasteiger partial charge on any atom is 0.342 e. The fraction of sp³-hybridized carbons (Fsp3) is 0.125. The minimum absolute atomic E-state index is 0.226. The van der Waals surface area contributed by atoms with Crippen LogP contribution in [-0.2, 0) is 16.1 Å². The highest BCUT2D eigenvalue weighted by Gasteiger charge is 2.21. The highest BCUT2D eigenvalue weighted by atomic mass is 16.5. The Hall–Kier alpha value is -4.13. The van der Waals surface area contributed by atoms with Crippen LogP contribution in [0.5, 0.6) is 0 Å². The van der Waals surface area contributed by atoms with Crippen molar-refractivity contribution in [3.63, 3.8) is 0 Å². The van der Waals surface area contributed by atoms with E-state index in [1.807, 2.05) is 61.5 Å². The lowest BCUT2D eigenvalue weighted by Crippen LogP contribution is -2.28. The summed E-state index contributed by atoms with van der Waals surface area (Å²) in [6, 6.07) is 20.7. The van der Waals surface area contributed by atoms with Gasteiger partial charge in [0, 0.05) is 11.8 Å². The van der Waals surface area contributed by atoms with Crippen molar-refractivity contribution in [3.8, 4) is 16.9 Å². The zero-order valence-corrected chi connectivity index (χ0v) is 16.9. The fourth-order valence-corrected chi connectivity index (χ4v) is 3.02. The normalized spacial score (nSPS) is 10.6. The van der Waals surface area contributed by atoms with Crippen molar-refractivity contribution < 1.29 is 18.7 Å². The number of esters is 1. The van der Waals surface area contributed by atoms with Crippen molar-refractivity contribution in [2.24, 2.45) is 0 Å². The Bertz CT molecular complexity index is 1160. The summed E-state index contributed by atoms with van der Waals surface area (Å²) in [6.07, 6.45) is 3.14. The molecule has 0 saturated heterocycles. The molecule has 2 aromatic heterocycles. The number of para-hydroxylation sites is 1. The first kappa shape index (κ1) is 20.2. The molecule has 1 N–H and O–H groups in total. The lowest BCUT2D eigenvalue weighted by atomic mass is 10.1. The third-order valence-corrected chi connectivity index (χ3v) is 4.65. The van der Waals surface area contributed by atoms with E-state index in [4.69, 9.17) is 9.15 Å². The maximum absolute atomic E-state index is 12.8. The lowest BCUT2D eigenvalue weighted by Gasteiger charge is -2.06. The zero-order valence-electron chi connectivity index (χ0n) is 16.9. The number of amides is 1. The SMILES string of the molecule is Cc1ccc(-c2nn(-c3ccccc3)cc2C(=O)OCC(=O)NCc2ccco2)cc1. The predicted molar refractivity (Wildman–Crippen MR) is 115 cm³/mol. The predicted octanol–water partition coefficient (Wildman–Crippen LogP) is 3.91. The van der Waals surface area contributed by atoms with E-state index in [-0.39, 0.29) is 12.1 Å². The molecule has 0 bridgehead atoms. The average molecular weight is 415 g/mol. The average Bonchev–Trinajstić information content (AvgIpc) is 3.47. The van der Waals surface area contributed by atoms with Crippen LogP contribution in [0.15, 0.2) is 83.6 Å². The van der Waals surface area contributed by atoms with Gasteiger partial charge in [-0.2, -0.15) is 5.10 Å². The van der Waals surface area contributed by atoms with Crippen LogP contribution in [0.1, 0.15) is 21.7 Å². The lowest BCUT2D eigenvalue weighted by molar-refractivity contribution is -0.124. The number of carbonyl (C=O) groups excluding carboxylic acids is 2. The van der Waals surface area contributed by atoms with Crippen LogP contribution in [0.3, 0.4) is 0 Å². The first-order valence-electron chi connectivity index (χ1n) is 9.78. The molecule has 156 valence electrons. The van der Waals surface area contributed by atoms with Crippen LogP contribution < -0.4 is 5.32 Å². The van der Waals surface area contributed by atoms with E-state index in [2.05, 4.69) is 10.4 Å². The van der Waals surface area contributed by atoms with Crippen LogP contribution in [0.2, 0.25) is 0 Å². The smallest absolute Gasteiger partial charge is 0.342 e. The number of aryl methyl sites for hydroxylation is 1. The number of nitrogens with one attached hydrogen (secondary N) is 1. The van der Waals surface area contributed by atoms with Crippen molar-refractivity contribution >= 4 is 11.9 Å². The molecule has 4 aromatic rings. The Kier molecular flexibility index (Phi) is 5.93. The first-order chi connectivity index (χ1) is 15.1. The molecule has 7 heteroatoms. The molecule has 0 unspecified atom stereocenters. The largest absolute Gasteiger partial charge is 0.467 e. The Morgan fingerprint density at radius 2 is 1.81 bits per heavy atom. The molecule has 31 heavy (non-hydrogen) atoms. The second-order valence-corrected chi connectivity index (χ2v) is 6.97. The molecule has 0 aliphatic rings. The van der Waals surface area contributed by atoms with Crippen LogP contribution in [0.4, 0.5) is 0 Å². The molecule has 7 nitrogen and oxygen atoms in total. The van der Waals surface area contributed by atoms with E-state index in [9.17, 15) is 9.59 Å². The van der Waals surface area contributed by atoms with Crippen LogP contribution in [0, 0.1) is 6.92 Å². The Morgan fingerprint density at radius 1 is 1.03 bits per heavy atom. The minimum Gasteiger partial charge on any atom is -0.467 e. The first-order valence-corrected chi connectivity index (χ1v) is 9.78. The topological polar surface area (TPSA) is 86.4 Å². The van der Waals surface area contributed by atoms with E-state index < -0.39 is 18.5 Å². The molecule has 0 radical (unpaired) electrons. The Balaban J connectivity index is 1.52. The van der Waals surface area contributed by atoms with Gasteiger partial charge in [-0.15, -0.1) is 0 Å². The highest BCUT2D eigenvalue weighted by Crippen LogP contribution is 2.25. The van der Waals surface area contributed by atoms with Crippen molar-refractivity contribution in [2.45, 2.75) is 13.5 Å². The molecule has 0 spiro atoms. The van der Waals surface area contributed by atoms with Gasteiger partial charge in [0.05, 0.1) is 18.5 Å². The standard InChI is InChI=1S/C24H21N3O4/c1-17-9-11-18(12-10-17)23-21(15-27(26-23)19-6-3-2-4-7-19)24(29)31-16-22(28)25-14-20-8-5-13-30-20/h2-13,15H,14,16H2,1H3,(H,25,28). The summed E-state index contributed by atoms with van der Waals surface area (Å²) in [5, 5.41) is 7.25. The van der Waals surface area contributed by atoms with Crippen molar-refractivity contribution in [1.82, 2.24) is 15.1 Å². The molecule has 2 aromatic carbocycles. The molecule has 0 aliphatic heterocycles. The van der Waals surface area contributed by atoms with E-state index in [0.29, 0.717) is 11.5 Å². The van der Waals surface area contributed by atoms with Crippen LogP contribution in [0.25, 0.3) is 16.9 Å². The molecular weight excluding hydrogens is 394 g/mol. The number of carbonyl (C=O) groups is 2. The van der Waals surface area contributed by atoms with Gasteiger partial charge in [0.25, 0.3) is 5.91 Å². The molecule has 0 aliphatic carbocycles. The van der Waals surface area contributed by atoms with Gasteiger partial charge in [-0.1, -0.05) is 48.0 Å². The number of hydrogen-bond donors (Lipinski definition) is 1. The monoisotopic (exact) mass is 415 g/mol. The molecule has 0 atom stereocenters. The third kappa shape index (κ3) is 4.90. The number of aromatic nitrogens is 2. The number of benzene rings is 2. The van der Waals surface area contributed by atoms with Gasteiger partial charge in [0.1, 0.15) is 17.0 Å². The summed E-state index contributed by atoms with van der Waals surface area (Å²) in [4.78, 5) is 24.9. The quantitative estimate of drug-likeness (QED) is 0.463. The van der Waals surface area contributed by atoms with Gasteiger partial charge in [0.2, 0.25) is 0 Å². The molecule has 1 amide bonds. The summed E-state index contributed by atoms with van der Waals surface area (Å²) in [7, 11) is 0. The second kappa shape index (κ2) is 9.13. The van der Waals surface area contributed by atoms with Gasteiger partial charge in [0.15, 0.2) is 6.61 Å². The molecule has 0 saturated carbocycles. The van der Waals surface area contributed by atoms with E-state index in [0.717, 1.165) is 16.8 Å². The molecule has 2 heterocycles. The zero-order chi connectivity index (χ0) is 21.6. The summed E-state index contributed by atoms with van der Waals surface area (Å²) < 4.78 is 12.1. The minimum atomic E-state index is -0.620. The van der Waals surface area contributed by atoms with Crippen LogP contribution in [-0.4, -0.2) is 28.3 Å². The molecule has 4 rings (SSSR count). The number of ether oxygens (including phenoxy) is 1. The highest BCUT2D eigenvalue weighted by molar-refractivity contribution is 5.97. The summed E-state index contributed by atoms with van der Waals surface area (Å²) >= 11 is 0. The number of hydrogen-bond acceptors (Lipinski definition) is 5. The summed E-state index contributed by atoms with van der Waals surface area (Å²) in [5.41, 5.74) is 3.47. The Morgan fingerprint density at radius 3 is 2.52 bits per heavy atom. The van der Waals surface area contributed by atoms with E-state index in [1.165, 1.54) is 6.26 Å². The van der Waals surface area contributed by atoms with Crippen molar-refractivity contribution in [3.05, 3.63) is 96.1 Å². The van der Waals surface area contributed by atoms with Gasteiger partial charge in [-0.05, 0) is 31.2 Å². The maximum atomic E-state index is 12.8. The third-order valence-electron chi connectivity index (χ3n) is 4.65. The molecular formula is C24H21N3O4. The number of rotatable bonds is 7. The van der Waals surface area contributed by atoms with Gasteiger partial charge in [-0.25, -0.2) is 9.48 Å². The fourth-order valence-electron chi connectivity index (χ4n) is 3.02. The van der Waals surface area contributed by atoms with Crippen LogP contribution >= 0.6 is 0 Å². The second-order valence-electron chi connectivity index (χ2n) is 6.97. The number of furan rings is 1. The van der Waals surface area contributed by atoms with Gasteiger partial charge >= 0.3 is 5.97 Å². The summed E-state index contributed by atoms with van der Waals surface area (Å²) in [5.74, 6) is -0.423. The van der Waals surface area contributed by atoms with Crippen molar-refractivity contribution in [1.29, 1.82) is 0 Å². The van der Waals surface area contributed by atoms with Gasteiger partial charge in [-0.3, -0.25) is 4.79 Å². The Labute approximate surface area is 179 Å². The molecule has 0 fully saturated rings.